The summed E-state index contributed by atoms with van der Waals surface area (Å²) in [7, 11) is 0. The minimum atomic E-state index is -2.81. The van der Waals surface area contributed by atoms with Gasteiger partial charge in [0.05, 0.1) is 17.5 Å². The van der Waals surface area contributed by atoms with E-state index in [0.29, 0.717) is 29.2 Å². The minimum Gasteiger partial charge on any atom is -0.411 e. The van der Waals surface area contributed by atoms with Gasteiger partial charge in [0, 0.05) is 36.4 Å². The molecule has 1 N–H and O–H groups in total. The molecule has 0 saturated heterocycles. The maximum absolute atomic E-state index is 13.4. The van der Waals surface area contributed by atoms with Gasteiger partial charge in [-0.2, -0.15) is 13.9 Å². The van der Waals surface area contributed by atoms with Crippen LogP contribution in [0.3, 0.4) is 0 Å². The molecule has 1 atom stereocenters. The van der Waals surface area contributed by atoms with Crippen molar-refractivity contribution in [2.75, 3.05) is 6.54 Å². The lowest BCUT2D eigenvalue weighted by atomic mass is 10.0. The van der Waals surface area contributed by atoms with Crippen molar-refractivity contribution in [2.45, 2.75) is 19.0 Å². The molecular formula is C21H15F2N9O2. The first-order chi connectivity index (χ1) is 16.6. The molecule has 170 valence electrons. The van der Waals surface area contributed by atoms with Crippen molar-refractivity contribution < 1.29 is 18.0 Å². The Balaban J connectivity index is 1.37. The largest absolute Gasteiger partial charge is 0.411 e. The zero-order valence-corrected chi connectivity index (χ0v) is 17.3. The van der Waals surface area contributed by atoms with E-state index in [1.807, 2.05) is 24.3 Å². The van der Waals surface area contributed by atoms with Crippen LogP contribution in [-0.2, 0) is 6.42 Å². The molecule has 1 aliphatic rings. The fraction of sp³-hybridized carbons (Fsp3) is 0.190. The number of hydrogen-bond acceptors (Lipinski definition) is 8. The van der Waals surface area contributed by atoms with Crippen molar-refractivity contribution in [3.05, 3.63) is 72.2 Å². The van der Waals surface area contributed by atoms with E-state index in [1.54, 1.807) is 12.5 Å². The molecule has 0 spiro atoms. The zero-order valence-electron chi connectivity index (χ0n) is 17.3. The number of halogens is 2. The molecule has 6 rings (SSSR count). The van der Waals surface area contributed by atoms with E-state index < -0.39 is 18.5 Å². The number of para-hydroxylation sites is 1. The zero-order chi connectivity index (χ0) is 23.2. The first kappa shape index (κ1) is 20.1. The average Bonchev–Trinajstić information content (AvgIpc) is 3.62. The van der Waals surface area contributed by atoms with Gasteiger partial charge in [0.25, 0.3) is 5.89 Å². The molecule has 0 saturated carbocycles. The molecule has 13 heteroatoms. The molecule has 0 fully saturated rings. The SMILES string of the molecule is O=C(c1nnc(-c2ccn(C(F)F)n2)o1)N1CCc2[nH]cnc2[C@@H]1c1ncc2ccccc2n1. The van der Waals surface area contributed by atoms with Crippen LogP contribution in [0.2, 0.25) is 0 Å². The van der Waals surface area contributed by atoms with Crippen LogP contribution in [0, 0.1) is 0 Å². The average molecular weight is 463 g/mol. The van der Waals surface area contributed by atoms with Crippen molar-refractivity contribution in [2.24, 2.45) is 0 Å². The summed E-state index contributed by atoms with van der Waals surface area (Å²) in [5.74, 6) is -0.594. The van der Waals surface area contributed by atoms with E-state index >= 15 is 0 Å². The summed E-state index contributed by atoms with van der Waals surface area (Å²) in [5, 5.41) is 12.2. The fourth-order valence-electron chi connectivity index (χ4n) is 3.97. The monoisotopic (exact) mass is 463 g/mol. The molecule has 11 nitrogen and oxygen atoms in total. The number of imidazole rings is 1. The van der Waals surface area contributed by atoms with Gasteiger partial charge in [-0.05, 0) is 12.1 Å². The van der Waals surface area contributed by atoms with E-state index in [4.69, 9.17) is 4.42 Å². The van der Waals surface area contributed by atoms with Crippen LogP contribution in [0.4, 0.5) is 8.78 Å². The first-order valence-electron chi connectivity index (χ1n) is 10.3. The molecule has 34 heavy (non-hydrogen) atoms. The molecule has 1 aliphatic heterocycles. The highest BCUT2D eigenvalue weighted by molar-refractivity contribution is 5.90. The van der Waals surface area contributed by atoms with Gasteiger partial charge in [-0.3, -0.25) is 4.79 Å². The molecule has 1 amide bonds. The number of benzene rings is 1. The highest BCUT2D eigenvalue weighted by atomic mass is 19.3. The van der Waals surface area contributed by atoms with Gasteiger partial charge in [-0.25, -0.2) is 19.6 Å². The highest BCUT2D eigenvalue weighted by Gasteiger charge is 2.38. The Morgan fingerprint density at radius 2 is 2.06 bits per heavy atom. The van der Waals surface area contributed by atoms with Gasteiger partial charge in [0.15, 0.2) is 5.82 Å². The molecular weight excluding hydrogens is 448 g/mol. The summed E-state index contributed by atoms with van der Waals surface area (Å²) in [6.07, 6.45) is 4.88. The van der Waals surface area contributed by atoms with Gasteiger partial charge in [0.1, 0.15) is 11.7 Å². The summed E-state index contributed by atoms with van der Waals surface area (Å²) in [4.78, 5) is 31.6. The second-order valence-electron chi connectivity index (χ2n) is 7.58. The van der Waals surface area contributed by atoms with Crippen molar-refractivity contribution in [1.29, 1.82) is 0 Å². The number of nitrogens with zero attached hydrogens (tertiary/aromatic N) is 8. The fourth-order valence-corrected chi connectivity index (χ4v) is 3.97. The van der Waals surface area contributed by atoms with E-state index in [0.717, 1.165) is 22.8 Å². The van der Waals surface area contributed by atoms with Crippen molar-refractivity contribution in [1.82, 2.24) is 44.8 Å². The third kappa shape index (κ3) is 3.29. The summed E-state index contributed by atoms with van der Waals surface area (Å²) in [6.45, 7) is -2.48. The summed E-state index contributed by atoms with van der Waals surface area (Å²) >= 11 is 0. The Kier molecular flexibility index (Phi) is 4.60. The molecule has 0 radical (unpaired) electrons. The Morgan fingerprint density at radius 1 is 1.18 bits per heavy atom. The Bertz CT molecular complexity index is 1510. The van der Waals surface area contributed by atoms with Crippen LogP contribution in [0.1, 0.15) is 40.5 Å². The van der Waals surface area contributed by atoms with Crippen LogP contribution in [-0.4, -0.2) is 57.3 Å². The predicted octanol–water partition coefficient (Wildman–Crippen LogP) is 2.78. The minimum absolute atomic E-state index is 0.0366. The standard InChI is InChI=1S/C21H15F2N9O2/c22-21(23)32-8-6-14(30-32)18-28-29-19(34-18)20(33)31-7-5-13-15(26-10-25-13)16(31)17-24-9-11-3-1-2-4-12(11)27-17/h1-4,6,8-10,16,21H,5,7H2,(H,25,26)/t16-/m1/s1. The van der Waals surface area contributed by atoms with E-state index in [9.17, 15) is 13.6 Å². The smallest absolute Gasteiger partial charge is 0.333 e. The molecule has 0 bridgehead atoms. The molecule has 0 unspecified atom stereocenters. The maximum Gasteiger partial charge on any atom is 0.333 e. The number of alkyl halides is 2. The van der Waals surface area contributed by atoms with E-state index in [2.05, 4.69) is 35.2 Å². The van der Waals surface area contributed by atoms with Crippen molar-refractivity contribution in [3.63, 3.8) is 0 Å². The van der Waals surface area contributed by atoms with Crippen LogP contribution >= 0.6 is 0 Å². The Labute approximate surface area is 189 Å². The second kappa shape index (κ2) is 7.79. The Hall–Kier alpha value is -4.55. The number of aromatic amines is 1. The van der Waals surface area contributed by atoms with Gasteiger partial charge in [-0.15, -0.1) is 10.2 Å². The number of H-pyrrole nitrogens is 1. The van der Waals surface area contributed by atoms with Crippen molar-refractivity contribution in [3.8, 4) is 11.6 Å². The van der Waals surface area contributed by atoms with Crippen LogP contribution in [0.15, 0.2) is 53.5 Å². The summed E-state index contributed by atoms with van der Waals surface area (Å²) in [5.41, 5.74) is 2.28. The van der Waals surface area contributed by atoms with Crippen LogP contribution in [0.25, 0.3) is 22.5 Å². The number of amides is 1. The molecule has 1 aromatic carbocycles. The predicted molar refractivity (Wildman–Crippen MR) is 111 cm³/mol. The van der Waals surface area contributed by atoms with Gasteiger partial charge in [-0.1, -0.05) is 18.2 Å². The molecule has 0 aliphatic carbocycles. The number of hydrogen-bond donors (Lipinski definition) is 1. The number of rotatable bonds is 4. The third-order valence-corrected chi connectivity index (χ3v) is 5.57. The molecule has 5 aromatic rings. The summed E-state index contributed by atoms with van der Waals surface area (Å²) < 4.78 is 31.6. The first-order valence-corrected chi connectivity index (χ1v) is 10.3. The lowest BCUT2D eigenvalue weighted by Gasteiger charge is -2.32. The van der Waals surface area contributed by atoms with Crippen LogP contribution in [0.5, 0.6) is 0 Å². The number of carbonyl (C=O) groups excluding carboxylic acids is 1. The number of nitrogens with one attached hydrogen (secondary N) is 1. The normalized spacial score (nSPS) is 15.7. The summed E-state index contributed by atoms with van der Waals surface area (Å²) in [6, 6.07) is 8.16. The third-order valence-electron chi connectivity index (χ3n) is 5.57. The molecule has 4 aromatic heterocycles. The topological polar surface area (TPSA) is 132 Å². The highest BCUT2D eigenvalue weighted by Crippen LogP contribution is 2.33. The quantitative estimate of drug-likeness (QED) is 0.430. The Morgan fingerprint density at radius 3 is 2.91 bits per heavy atom. The lowest BCUT2D eigenvalue weighted by Crippen LogP contribution is -2.41. The van der Waals surface area contributed by atoms with Gasteiger partial charge < -0.3 is 14.3 Å². The van der Waals surface area contributed by atoms with E-state index in [-0.39, 0.29) is 17.5 Å². The number of fused-ring (bicyclic) bond motifs is 2. The van der Waals surface area contributed by atoms with Crippen LogP contribution < -0.4 is 0 Å². The lowest BCUT2D eigenvalue weighted by molar-refractivity contribution is 0.0566. The maximum atomic E-state index is 13.4. The van der Waals surface area contributed by atoms with E-state index in [1.165, 1.54) is 11.0 Å². The van der Waals surface area contributed by atoms with Gasteiger partial charge in [0.2, 0.25) is 0 Å². The second-order valence-corrected chi connectivity index (χ2v) is 7.58. The number of carbonyl (C=O) groups is 1. The molecule has 5 heterocycles. The van der Waals surface area contributed by atoms with Gasteiger partial charge >= 0.3 is 18.3 Å². The van der Waals surface area contributed by atoms with Crippen molar-refractivity contribution >= 4 is 16.8 Å². The number of aromatic nitrogens is 8.